The summed E-state index contributed by atoms with van der Waals surface area (Å²) in [7, 11) is 0. The number of ether oxygens (including phenoxy) is 1. The minimum atomic E-state index is -4.71. The second-order valence-corrected chi connectivity index (χ2v) is 3.60. The molecule has 0 spiro atoms. The zero-order valence-corrected chi connectivity index (χ0v) is 8.91. The summed E-state index contributed by atoms with van der Waals surface area (Å²) in [5.74, 6) is 0.588. The smallest absolute Gasteiger partial charge is 0.404 e. The van der Waals surface area contributed by atoms with E-state index in [9.17, 15) is 13.2 Å². The van der Waals surface area contributed by atoms with Gasteiger partial charge in [-0.1, -0.05) is 31.5 Å². The molecule has 0 aliphatic rings. The van der Waals surface area contributed by atoms with Crippen molar-refractivity contribution in [3.63, 3.8) is 0 Å². The predicted molar refractivity (Wildman–Crippen MR) is 51.8 cm³/mol. The van der Waals surface area contributed by atoms with Gasteiger partial charge in [0.05, 0.1) is 5.02 Å². The number of benzene rings is 1. The highest BCUT2D eigenvalue weighted by atomic mass is 35.5. The first kappa shape index (κ1) is 12.2. The van der Waals surface area contributed by atoms with E-state index in [1.165, 1.54) is 18.2 Å². The molecule has 0 fully saturated rings. The molecule has 0 saturated carbocycles. The summed E-state index contributed by atoms with van der Waals surface area (Å²) >= 11 is 5.64. The Kier molecular flexibility index (Phi) is 3.50. The highest BCUT2D eigenvalue weighted by Crippen LogP contribution is 2.32. The summed E-state index contributed by atoms with van der Waals surface area (Å²) in [4.78, 5) is 0. The Morgan fingerprint density at radius 1 is 1.27 bits per heavy atom. The van der Waals surface area contributed by atoms with Gasteiger partial charge in [0.25, 0.3) is 0 Å². The van der Waals surface area contributed by atoms with Crippen molar-refractivity contribution in [2.45, 2.75) is 20.2 Å². The molecule has 1 aromatic carbocycles. The molecule has 83 valence electrons. The topological polar surface area (TPSA) is 9.23 Å². The molecule has 0 bridgehead atoms. The fourth-order valence-electron chi connectivity index (χ4n) is 1.02. The molecule has 1 aromatic rings. The Labute approximate surface area is 90.8 Å². The van der Waals surface area contributed by atoms with Crippen LogP contribution in [-0.4, -0.2) is 6.36 Å². The lowest BCUT2D eigenvalue weighted by atomic mass is 10.0. The van der Waals surface area contributed by atoms with Crippen LogP contribution in [0.3, 0.4) is 0 Å². The predicted octanol–water partition coefficient (Wildman–Crippen LogP) is 4.20. The summed E-state index contributed by atoms with van der Waals surface area (Å²) < 4.78 is 39.4. The molecule has 0 unspecified atom stereocenters. The molecule has 1 radical (unpaired) electrons. The molecule has 0 atom stereocenters. The van der Waals surface area contributed by atoms with E-state index in [2.05, 4.69) is 4.74 Å². The van der Waals surface area contributed by atoms with Gasteiger partial charge >= 0.3 is 6.36 Å². The summed E-state index contributed by atoms with van der Waals surface area (Å²) in [5.41, 5.74) is 0.787. The van der Waals surface area contributed by atoms with Gasteiger partial charge in [0.2, 0.25) is 0 Å². The minimum Gasteiger partial charge on any atom is -0.404 e. The van der Waals surface area contributed by atoms with Gasteiger partial charge in [-0.05, 0) is 23.6 Å². The van der Waals surface area contributed by atoms with Crippen LogP contribution in [0.5, 0.6) is 5.75 Å². The quantitative estimate of drug-likeness (QED) is 0.749. The maximum absolute atomic E-state index is 11.9. The SMILES string of the molecule is C[C](C)c1ccc(OC(F)(F)F)c(Cl)c1. The molecule has 0 aromatic heterocycles. The van der Waals surface area contributed by atoms with Crippen molar-refractivity contribution in [1.29, 1.82) is 0 Å². The number of rotatable bonds is 2. The average molecular weight is 238 g/mol. The zero-order valence-electron chi connectivity index (χ0n) is 8.15. The van der Waals surface area contributed by atoms with Crippen molar-refractivity contribution in [3.05, 3.63) is 34.7 Å². The van der Waals surface area contributed by atoms with E-state index in [0.717, 1.165) is 11.5 Å². The Bertz CT molecular complexity index is 347. The van der Waals surface area contributed by atoms with Crippen molar-refractivity contribution < 1.29 is 17.9 Å². The van der Waals surface area contributed by atoms with E-state index in [0.29, 0.717) is 0 Å². The molecule has 1 rings (SSSR count). The average Bonchev–Trinajstić information content (AvgIpc) is 2.05. The van der Waals surface area contributed by atoms with Crippen LogP contribution in [0.2, 0.25) is 5.02 Å². The summed E-state index contributed by atoms with van der Waals surface area (Å²) in [6, 6.07) is 4.18. The van der Waals surface area contributed by atoms with Crippen LogP contribution in [0.4, 0.5) is 13.2 Å². The molecular formula is C10H9ClF3O. The zero-order chi connectivity index (χ0) is 11.6. The lowest BCUT2D eigenvalue weighted by Gasteiger charge is -2.12. The molecule has 0 saturated heterocycles. The Balaban J connectivity index is 2.94. The van der Waals surface area contributed by atoms with Crippen LogP contribution < -0.4 is 4.74 Å². The number of hydrogen-bond acceptors (Lipinski definition) is 1. The Morgan fingerprint density at radius 2 is 1.87 bits per heavy atom. The third-order valence-electron chi connectivity index (χ3n) is 1.73. The summed E-state index contributed by atoms with van der Waals surface area (Å²) in [6.45, 7) is 3.69. The Morgan fingerprint density at radius 3 is 2.27 bits per heavy atom. The lowest BCUT2D eigenvalue weighted by Crippen LogP contribution is -2.17. The largest absolute Gasteiger partial charge is 0.573 e. The molecule has 15 heavy (non-hydrogen) atoms. The van der Waals surface area contributed by atoms with Gasteiger partial charge in [-0.2, -0.15) is 0 Å². The first-order chi connectivity index (χ1) is 6.79. The van der Waals surface area contributed by atoms with E-state index in [1.807, 2.05) is 13.8 Å². The first-order valence-electron chi connectivity index (χ1n) is 4.15. The monoisotopic (exact) mass is 237 g/mol. The van der Waals surface area contributed by atoms with Crippen molar-refractivity contribution in [2.75, 3.05) is 0 Å². The fraction of sp³-hybridized carbons (Fsp3) is 0.300. The van der Waals surface area contributed by atoms with E-state index < -0.39 is 6.36 Å². The van der Waals surface area contributed by atoms with Crippen molar-refractivity contribution in [3.8, 4) is 5.75 Å². The maximum atomic E-state index is 11.9. The van der Waals surface area contributed by atoms with E-state index in [1.54, 1.807) is 0 Å². The maximum Gasteiger partial charge on any atom is 0.573 e. The number of hydrogen-bond donors (Lipinski definition) is 0. The molecule has 0 heterocycles. The second kappa shape index (κ2) is 4.31. The third kappa shape index (κ3) is 3.63. The van der Waals surface area contributed by atoms with Gasteiger partial charge in [0.15, 0.2) is 0 Å². The number of halogens is 4. The van der Waals surface area contributed by atoms with Crippen LogP contribution in [0.15, 0.2) is 18.2 Å². The molecule has 0 aliphatic heterocycles. The minimum absolute atomic E-state index is 0.0500. The molecule has 1 nitrogen and oxygen atoms in total. The standard InChI is InChI=1S/C10H9ClF3O/c1-6(2)7-3-4-9(8(11)5-7)15-10(12,13)14/h3-5H,1-2H3. The normalized spacial score (nSPS) is 11.9. The first-order valence-corrected chi connectivity index (χ1v) is 4.53. The van der Waals surface area contributed by atoms with E-state index in [4.69, 9.17) is 11.6 Å². The highest BCUT2D eigenvalue weighted by Gasteiger charge is 2.32. The molecule has 0 amide bonds. The third-order valence-corrected chi connectivity index (χ3v) is 2.03. The van der Waals surface area contributed by atoms with Gasteiger partial charge in [0, 0.05) is 0 Å². The van der Waals surface area contributed by atoms with Crippen molar-refractivity contribution in [1.82, 2.24) is 0 Å². The molecule has 0 aliphatic carbocycles. The van der Waals surface area contributed by atoms with Crippen LogP contribution in [0.1, 0.15) is 19.4 Å². The van der Waals surface area contributed by atoms with Gasteiger partial charge in [-0.25, -0.2) is 0 Å². The van der Waals surface area contributed by atoms with Crippen molar-refractivity contribution in [2.24, 2.45) is 0 Å². The van der Waals surface area contributed by atoms with Crippen LogP contribution >= 0.6 is 11.6 Å². The lowest BCUT2D eigenvalue weighted by molar-refractivity contribution is -0.274. The second-order valence-electron chi connectivity index (χ2n) is 3.19. The molecule has 5 heteroatoms. The number of alkyl halides is 3. The van der Waals surface area contributed by atoms with Crippen LogP contribution in [-0.2, 0) is 0 Å². The highest BCUT2D eigenvalue weighted by molar-refractivity contribution is 6.32. The summed E-state index contributed by atoms with van der Waals surface area (Å²) in [5, 5.41) is -0.0500. The Hall–Kier alpha value is -0.900. The van der Waals surface area contributed by atoms with E-state index in [-0.39, 0.29) is 10.8 Å². The van der Waals surface area contributed by atoms with E-state index >= 15 is 0 Å². The van der Waals surface area contributed by atoms with Crippen molar-refractivity contribution >= 4 is 11.6 Å². The van der Waals surface area contributed by atoms with Crippen LogP contribution in [0.25, 0.3) is 0 Å². The molecule has 0 N–H and O–H groups in total. The van der Waals surface area contributed by atoms with Gasteiger partial charge in [-0.3, -0.25) is 0 Å². The fourth-order valence-corrected chi connectivity index (χ4v) is 1.24. The summed E-state index contributed by atoms with van der Waals surface area (Å²) in [6.07, 6.45) is -4.71. The van der Waals surface area contributed by atoms with Gasteiger partial charge in [0.1, 0.15) is 5.75 Å². The van der Waals surface area contributed by atoms with Crippen LogP contribution in [0, 0.1) is 5.92 Å². The van der Waals surface area contributed by atoms with Gasteiger partial charge in [-0.15, -0.1) is 13.2 Å². The molecular weight excluding hydrogens is 229 g/mol. The van der Waals surface area contributed by atoms with Gasteiger partial charge < -0.3 is 4.74 Å².